The summed E-state index contributed by atoms with van der Waals surface area (Å²) in [4.78, 5) is 22.3. The van der Waals surface area contributed by atoms with Crippen LogP contribution in [0.25, 0.3) is 0 Å². The van der Waals surface area contributed by atoms with Gasteiger partial charge in [0.15, 0.2) is 0 Å². The number of hydrogen-bond acceptors (Lipinski definition) is 4. The summed E-state index contributed by atoms with van der Waals surface area (Å²) in [6, 6.07) is 5.70. The van der Waals surface area contributed by atoms with Gasteiger partial charge in [0.1, 0.15) is 0 Å². The summed E-state index contributed by atoms with van der Waals surface area (Å²) in [7, 11) is 0. The van der Waals surface area contributed by atoms with Crippen molar-refractivity contribution in [2.24, 2.45) is 11.7 Å². The molecule has 102 valence electrons. The Bertz CT molecular complexity index is 514. The third-order valence-corrected chi connectivity index (χ3v) is 3.62. The lowest BCUT2D eigenvalue weighted by atomic mass is 9.95. The Hall–Kier alpha value is -1.95. The maximum absolute atomic E-state index is 12.1. The molecule has 1 fully saturated rings. The molecule has 0 spiro atoms. The van der Waals surface area contributed by atoms with E-state index in [-0.39, 0.29) is 17.2 Å². The number of benzene rings is 1. The Labute approximate surface area is 111 Å². The molecule has 0 radical (unpaired) electrons. The Morgan fingerprint density at radius 3 is 2.79 bits per heavy atom. The molecule has 1 atom stereocenters. The first-order valence-corrected chi connectivity index (χ1v) is 6.23. The number of nitro benzene ring substituents is 1. The van der Waals surface area contributed by atoms with Crippen molar-refractivity contribution in [1.82, 2.24) is 5.32 Å². The lowest BCUT2D eigenvalue weighted by Gasteiger charge is -2.29. The van der Waals surface area contributed by atoms with Gasteiger partial charge in [0, 0.05) is 24.2 Å². The van der Waals surface area contributed by atoms with Gasteiger partial charge < -0.3 is 11.1 Å². The van der Waals surface area contributed by atoms with Crippen molar-refractivity contribution in [3.8, 4) is 0 Å². The van der Waals surface area contributed by atoms with Gasteiger partial charge in [-0.25, -0.2) is 0 Å². The van der Waals surface area contributed by atoms with E-state index in [0.717, 1.165) is 12.8 Å². The fourth-order valence-electron chi connectivity index (χ4n) is 2.13. The third kappa shape index (κ3) is 2.90. The fourth-order valence-corrected chi connectivity index (χ4v) is 2.13. The highest BCUT2D eigenvalue weighted by Gasteiger charge is 2.41. The second kappa shape index (κ2) is 4.97. The summed E-state index contributed by atoms with van der Waals surface area (Å²) < 4.78 is 0. The Morgan fingerprint density at radius 1 is 1.58 bits per heavy atom. The molecule has 0 heterocycles. The smallest absolute Gasteiger partial charge is 0.270 e. The number of nitrogens with one attached hydrogen (secondary N) is 1. The largest absolute Gasteiger partial charge is 0.345 e. The zero-order valence-electron chi connectivity index (χ0n) is 10.8. The molecule has 1 unspecified atom stereocenters. The Balaban J connectivity index is 2.15. The summed E-state index contributed by atoms with van der Waals surface area (Å²) >= 11 is 0. The van der Waals surface area contributed by atoms with Crippen LogP contribution >= 0.6 is 0 Å². The Morgan fingerprint density at radius 2 is 2.26 bits per heavy atom. The molecule has 19 heavy (non-hydrogen) atoms. The molecule has 1 aliphatic rings. The lowest BCUT2D eigenvalue weighted by Crippen LogP contribution is -2.53. The first kappa shape index (κ1) is 13.5. The van der Waals surface area contributed by atoms with Crippen LogP contribution in [0.15, 0.2) is 24.3 Å². The number of carbonyl (C=O) groups is 1. The average molecular weight is 263 g/mol. The van der Waals surface area contributed by atoms with E-state index in [4.69, 9.17) is 5.73 Å². The van der Waals surface area contributed by atoms with Crippen molar-refractivity contribution in [2.45, 2.75) is 25.3 Å². The van der Waals surface area contributed by atoms with Gasteiger partial charge in [-0.15, -0.1) is 0 Å². The van der Waals surface area contributed by atoms with Crippen molar-refractivity contribution in [1.29, 1.82) is 0 Å². The van der Waals surface area contributed by atoms with Gasteiger partial charge in [-0.2, -0.15) is 0 Å². The van der Waals surface area contributed by atoms with Crippen molar-refractivity contribution < 1.29 is 9.72 Å². The summed E-state index contributed by atoms with van der Waals surface area (Å²) in [5.74, 6) is 0.0868. The summed E-state index contributed by atoms with van der Waals surface area (Å²) in [5, 5.41) is 13.6. The summed E-state index contributed by atoms with van der Waals surface area (Å²) in [6.07, 6.45) is 2.12. The number of non-ortho nitro benzene ring substituents is 1. The van der Waals surface area contributed by atoms with E-state index in [0.29, 0.717) is 12.5 Å². The molecule has 1 amide bonds. The van der Waals surface area contributed by atoms with E-state index in [1.807, 2.05) is 6.92 Å². The van der Waals surface area contributed by atoms with Crippen molar-refractivity contribution in [2.75, 3.05) is 6.54 Å². The molecule has 0 aromatic heterocycles. The van der Waals surface area contributed by atoms with Gasteiger partial charge in [-0.05, 0) is 31.7 Å². The molecule has 2 rings (SSSR count). The first-order valence-electron chi connectivity index (χ1n) is 6.23. The van der Waals surface area contributed by atoms with Crippen LogP contribution in [0.3, 0.4) is 0 Å². The van der Waals surface area contributed by atoms with Crippen LogP contribution in [0.2, 0.25) is 0 Å². The topological polar surface area (TPSA) is 98.3 Å². The molecule has 1 aliphatic carbocycles. The number of nitro groups is 1. The van der Waals surface area contributed by atoms with E-state index in [1.54, 1.807) is 6.07 Å². The minimum atomic E-state index is -0.514. The summed E-state index contributed by atoms with van der Waals surface area (Å²) in [6.45, 7) is 2.28. The molecular formula is C13H17N3O3. The van der Waals surface area contributed by atoms with Crippen LogP contribution in [0, 0.1) is 16.0 Å². The highest BCUT2D eigenvalue weighted by molar-refractivity contribution is 5.95. The average Bonchev–Trinajstić information content (AvgIpc) is 3.23. The number of nitrogens with zero attached hydrogens (tertiary/aromatic N) is 1. The molecular weight excluding hydrogens is 246 g/mol. The monoisotopic (exact) mass is 263 g/mol. The molecule has 1 aromatic carbocycles. The van der Waals surface area contributed by atoms with Crippen LogP contribution in [0.5, 0.6) is 0 Å². The van der Waals surface area contributed by atoms with Crippen LogP contribution in [-0.2, 0) is 0 Å². The van der Waals surface area contributed by atoms with Gasteiger partial charge >= 0.3 is 0 Å². The van der Waals surface area contributed by atoms with Crippen molar-refractivity contribution in [3.05, 3.63) is 39.9 Å². The van der Waals surface area contributed by atoms with Gasteiger partial charge in [0.05, 0.1) is 10.5 Å². The minimum absolute atomic E-state index is 0.0893. The number of hydrogen-bond donors (Lipinski definition) is 2. The van der Waals surface area contributed by atoms with Gasteiger partial charge in [0.2, 0.25) is 0 Å². The maximum atomic E-state index is 12.1. The van der Waals surface area contributed by atoms with Gasteiger partial charge in [-0.3, -0.25) is 14.9 Å². The molecule has 3 N–H and O–H groups in total. The number of carbonyl (C=O) groups excluding carboxylic acids is 1. The van der Waals surface area contributed by atoms with Crippen molar-refractivity contribution >= 4 is 11.6 Å². The van der Waals surface area contributed by atoms with Gasteiger partial charge in [0.25, 0.3) is 11.6 Å². The van der Waals surface area contributed by atoms with Crippen LogP contribution in [0.1, 0.15) is 30.1 Å². The van der Waals surface area contributed by atoms with Crippen LogP contribution < -0.4 is 11.1 Å². The third-order valence-electron chi connectivity index (χ3n) is 3.62. The highest BCUT2D eigenvalue weighted by atomic mass is 16.6. The number of rotatable bonds is 5. The second-order valence-electron chi connectivity index (χ2n) is 5.16. The molecule has 1 saturated carbocycles. The van der Waals surface area contributed by atoms with E-state index < -0.39 is 10.5 Å². The highest BCUT2D eigenvalue weighted by Crippen LogP contribution is 2.39. The lowest BCUT2D eigenvalue weighted by molar-refractivity contribution is -0.384. The van der Waals surface area contributed by atoms with E-state index in [2.05, 4.69) is 5.32 Å². The minimum Gasteiger partial charge on any atom is -0.345 e. The molecule has 0 aliphatic heterocycles. The zero-order valence-corrected chi connectivity index (χ0v) is 10.8. The SMILES string of the molecule is CC(CN)(NC(=O)c1cccc([N+](=O)[O-])c1)C1CC1. The Kier molecular flexibility index (Phi) is 3.53. The molecule has 1 aromatic rings. The van der Waals surface area contributed by atoms with E-state index in [9.17, 15) is 14.9 Å². The fraction of sp³-hybridized carbons (Fsp3) is 0.462. The van der Waals surface area contributed by atoms with Crippen LogP contribution in [-0.4, -0.2) is 22.9 Å². The van der Waals surface area contributed by atoms with E-state index in [1.165, 1.54) is 18.2 Å². The van der Waals surface area contributed by atoms with Gasteiger partial charge in [-0.1, -0.05) is 6.07 Å². The van der Waals surface area contributed by atoms with Crippen LogP contribution in [0.4, 0.5) is 5.69 Å². The predicted molar refractivity (Wildman–Crippen MR) is 70.7 cm³/mol. The first-order chi connectivity index (χ1) is 8.96. The quantitative estimate of drug-likeness (QED) is 0.620. The number of nitrogens with two attached hydrogens (primary N) is 1. The molecule has 6 heteroatoms. The molecule has 0 bridgehead atoms. The van der Waals surface area contributed by atoms with Crippen molar-refractivity contribution in [3.63, 3.8) is 0 Å². The number of amides is 1. The second-order valence-corrected chi connectivity index (χ2v) is 5.16. The zero-order chi connectivity index (χ0) is 14.0. The standard InChI is InChI=1S/C13H17N3O3/c1-13(8-14,10-5-6-10)15-12(17)9-3-2-4-11(7-9)16(18)19/h2-4,7,10H,5-6,8,14H2,1H3,(H,15,17). The normalized spacial score (nSPS) is 17.6. The maximum Gasteiger partial charge on any atom is 0.270 e. The predicted octanol–water partition coefficient (Wildman–Crippen LogP) is 1.45. The molecule has 0 saturated heterocycles. The van der Waals surface area contributed by atoms with E-state index >= 15 is 0 Å². The molecule has 6 nitrogen and oxygen atoms in total. The summed E-state index contributed by atoms with van der Waals surface area (Å²) in [5.41, 5.74) is 5.50.